The van der Waals surface area contributed by atoms with E-state index >= 15 is 0 Å². The molecule has 2 heterocycles. The van der Waals surface area contributed by atoms with Crippen molar-refractivity contribution in [3.63, 3.8) is 0 Å². The fraction of sp³-hybridized carbons (Fsp3) is 0.571. The van der Waals surface area contributed by atoms with Crippen LogP contribution in [0.15, 0.2) is 54.6 Å². The van der Waals surface area contributed by atoms with Gasteiger partial charge in [0.05, 0.1) is 0 Å². The first kappa shape index (κ1) is 22.1. The van der Waals surface area contributed by atoms with Crippen molar-refractivity contribution >= 4 is 0 Å². The molecule has 32 heavy (non-hydrogen) atoms. The van der Waals surface area contributed by atoms with Crippen LogP contribution in [0.2, 0.25) is 0 Å². The number of hydrogen-bond donors (Lipinski definition) is 1. The van der Waals surface area contributed by atoms with Gasteiger partial charge in [0.1, 0.15) is 5.82 Å². The van der Waals surface area contributed by atoms with Crippen LogP contribution in [0.25, 0.3) is 0 Å². The minimum Gasteiger partial charge on any atom is -0.327 e. The van der Waals surface area contributed by atoms with E-state index in [1.54, 1.807) is 6.07 Å². The van der Waals surface area contributed by atoms with E-state index in [2.05, 4.69) is 46.2 Å². The molecule has 3 nitrogen and oxygen atoms in total. The van der Waals surface area contributed by atoms with Gasteiger partial charge in [0.2, 0.25) is 0 Å². The smallest absolute Gasteiger partial charge is 0.123 e. The number of nitrogens with two attached hydrogens (primary N) is 1. The van der Waals surface area contributed by atoms with E-state index in [0.717, 1.165) is 32.6 Å². The molecule has 2 aliphatic heterocycles. The highest BCUT2D eigenvalue weighted by Gasteiger charge is 2.51. The summed E-state index contributed by atoms with van der Waals surface area (Å²) < 4.78 is 14.5. The molecule has 3 atom stereocenters. The van der Waals surface area contributed by atoms with Crippen molar-refractivity contribution in [3.05, 3.63) is 71.5 Å². The van der Waals surface area contributed by atoms with Crippen molar-refractivity contribution in [1.29, 1.82) is 0 Å². The normalized spacial score (nSPS) is 27.2. The van der Waals surface area contributed by atoms with Gasteiger partial charge >= 0.3 is 0 Å². The van der Waals surface area contributed by atoms with Gasteiger partial charge in [-0.3, -0.25) is 4.90 Å². The first-order valence-corrected chi connectivity index (χ1v) is 12.7. The summed E-state index contributed by atoms with van der Waals surface area (Å²) in [6.07, 6.45) is 7.10. The van der Waals surface area contributed by atoms with E-state index in [-0.39, 0.29) is 17.3 Å². The fourth-order valence-electron chi connectivity index (χ4n) is 6.85. The van der Waals surface area contributed by atoms with E-state index in [0.29, 0.717) is 11.8 Å². The molecule has 2 saturated heterocycles. The minimum absolute atomic E-state index is 0.0444. The second-order valence-electron chi connectivity index (χ2n) is 10.4. The monoisotopic (exact) mass is 435 g/mol. The van der Waals surface area contributed by atoms with E-state index in [9.17, 15) is 4.39 Å². The molecule has 3 fully saturated rings. The maximum Gasteiger partial charge on any atom is 0.123 e. The third kappa shape index (κ3) is 4.37. The Balaban J connectivity index is 1.44. The van der Waals surface area contributed by atoms with Crippen molar-refractivity contribution in [2.24, 2.45) is 17.6 Å². The van der Waals surface area contributed by atoms with Gasteiger partial charge in [-0.05, 0) is 93.4 Å². The van der Waals surface area contributed by atoms with Gasteiger partial charge in [0.15, 0.2) is 0 Å². The van der Waals surface area contributed by atoms with Crippen LogP contribution in [0, 0.1) is 17.7 Å². The first-order valence-electron chi connectivity index (χ1n) is 12.7. The number of halogens is 1. The molecule has 1 saturated carbocycles. The molecule has 172 valence electrons. The summed E-state index contributed by atoms with van der Waals surface area (Å²) in [4.78, 5) is 5.20. The van der Waals surface area contributed by atoms with Gasteiger partial charge in [0.25, 0.3) is 0 Å². The third-order valence-corrected chi connectivity index (χ3v) is 8.59. The summed E-state index contributed by atoms with van der Waals surface area (Å²) >= 11 is 0. The van der Waals surface area contributed by atoms with Gasteiger partial charge in [-0.15, -0.1) is 0 Å². The number of nitrogens with zero attached hydrogens (tertiary/aromatic N) is 2. The topological polar surface area (TPSA) is 32.5 Å². The zero-order valence-electron chi connectivity index (χ0n) is 19.3. The van der Waals surface area contributed by atoms with Crippen LogP contribution in [0.4, 0.5) is 4.39 Å². The molecule has 0 aromatic heterocycles. The van der Waals surface area contributed by atoms with Crippen molar-refractivity contribution in [2.45, 2.75) is 56.5 Å². The lowest BCUT2D eigenvalue weighted by Crippen LogP contribution is -2.58. The molecule has 2 aromatic rings. The number of hydrogen-bond acceptors (Lipinski definition) is 3. The van der Waals surface area contributed by atoms with E-state index < -0.39 is 0 Å². The molecule has 2 aromatic carbocycles. The Hall–Kier alpha value is -1.75. The van der Waals surface area contributed by atoms with Crippen molar-refractivity contribution in [1.82, 2.24) is 9.80 Å². The van der Waals surface area contributed by atoms with Gasteiger partial charge < -0.3 is 10.6 Å². The Morgan fingerprint density at radius 2 is 1.62 bits per heavy atom. The summed E-state index contributed by atoms with van der Waals surface area (Å²) in [6.45, 7) is 6.63. The number of piperidine rings is 1. The van der Waals surface area contributed by atoms with Crippen LogP contribution in [-0.4, -0.2) is 48.6 Å². The Morgan fingerprint density at radius 3 is 2.25 bits per heavy atom. The van der Waals surface area contributed by atoms with Crippen LogP contribution in [0.5, 0.6) is 0 Å². The predicted molar refractivity (Wildman–Crippen MR) is 129 cm³/mol. The average Bonchev–Trinajstić information content (AvgIpc) is 3.21. The number of rotatable bonds is 7. The molecule has 0 radical (unpaired) electrons. The van der Waals surface area contributed by atoms with Crippen molar-refractivity contribution in [3.8, 4) is 0 Å². The van der Waals surface area contributed by atoms with Gasteiger partial charge in [0, 0.05) is 24.5 Å². The highest BCUT2D eigenvalue weighted by atomic mass is 19.1. The standard InChI is InChI=1S/C28H38FN3/c29-25-10-4-9-24(19-25)28(21-32-15-6-16-32,26-11-5-12-27(26)30)23-13-17-31(18-14-23)20-22-7-2-1-3-8-22/h1-4,7-10,19,23,26-27H,5-6,11-18,20-21,30H2/t26-,27-,28?/m0/s1. The summed E-state index contributed by atoms with van der Waals surface area (Å²) in [6, 6.07) is 18.6. The molecule has 0 amide bonds. The average molecular weight is 436 g/mol. The molecule has 1 unspecified atom stereocenters. The number of benzene rings is 2. The molecule has 4 heteroatoms. The molecule has 0 spiro atoms. The highest BCUT2D eigenvalue weighted by molar-refractivity contribution is 5.31. The summed E-state index contributed by atoms with van der Waals surface area (Å²) in [7, 11) is 0. The molecular formula is C28H38FN3. The van der Waals surface area contributed by atoms with E-state index in [4.69, 9.17) is 5.73 Å². The Morgan fingerprint density at radius 1 is 0.844 bits per heavy atom. The molecule has 3 aliphatic rings. The maximum atomic E-state index is 14.5. The first-order chi connectivity index (χ1) is 15.6. The second kappa shape index (κ2) is 9.62. The molecule has 1 aliphatic carbocycles. The van der Waals surface area contributed by atoms with Crippen LogP contribution in [-0.2, 0) is 12.0 Å². The van der Waals surface area contributed by atoms with Crippen LogP contribution in [0.1, 0.15) is 49.7 Å². The van der Waals surface area contributed by atoms with Crippen LogP contribution < -0.4 is 5.73 Å². The lowest BCUT2D eigenvalue weighted by Gasteiger charge is -2.53. The van der Waals surface area contributed by atoms with E-state index in [1.807, 2.05) is 12.1 Å². The largest absolute Gasteiger partial charge is 0.327 e. The van der Waals surface area contributed by atoms with Crippen molar-refractivity contribution < 1.29 is 4.39 Å². The SMILES string of the molecule is N[C@H]1CCC[C@@H]1C(CN1CCC1)(c1cccc(F)c1)C1CCN(Cc2ccccc2)CC1. The summed E-state index contributed by atoms with van der Waals surface area (Å²) in [5, 5.41) is 0. The Bertz CT molecular complexity index is 875. The van der Waals surface area contributed by atoms with Crippen molar-refractivity contribution in [2.75, 3.05) is 32.7 Å². The van der Waals surface area contributed by atoms with Crippen LogP contribution >= 0.6 is 0 Å². The van der Waals surface area contributed by atoms with Gasteiger partial charge in [-0.2, -0.15) is 0 Å². The summed E-state index contributed by atoms with van der Waals surface area (Å²) in [5.41, 5.74) is 9.34. The quantitative estimate of drug-likeness (QED) is 0.677. The van der Waals surface area contributed by atoms with Crippen LogP contribution in [0.3, 0.4) is 0 Å². The fourth-order valence-corrected chi connectivity index (χ4v) is 6.85. The molecular weight excluding hydrogens is 397 g/mol. The highest BCUT2D eigenvalue weighted by Crippen LogP contribution is 2.51. The van der Waals surface area contributed by atoms with Gasteiger partial charge in [-0.25, -0.2) is 4.39 Å². The Labute approximate surface area is 192 Å². The second-order valence-corrected chi connectivity index (χ2v) is 10.4. The zero-order valence-corrected chi connectivity index (χ0v) is 19.3. The zero-order chi connectivity index (χ0) is 22.0. The predicted octanol–water partition coefficient (Wildman–Crippen LogP) is 4.81. The molecule has 0 bridgehead atoms. The number of likely N-dealkylation sites (tertiary alicyclic amines) is 2. The third-order valence-electron chi connectivity index (χ3n) is 8.59. The lowest BCUT2D eigenvalue weighted by atomic mass is 9.58. The summed E-state index contributed by atoms with van der Waals surface area (Å²) in [5.74, 6) is 0.880. The lowest BCUT2D eigenvalue weighted by molar-refractivity contribution is 0.0278. The molecule has 2 N–H and O–H groups in total. The molecule has 5 rings (SSSR count). The van der Waals surface area contributed by atoms with E-state index in [1.165, 1.54) is 56.3 Å². The minimum atomic E-state index is -0.108. The maximum absolute atomic E-state index is 14.5. The Kier molecular flexibility index (Phi) is 6.64. The van der Waals surface area contributed by atoms with Gasteiger partial charge in [-0.1, -0.05) is 48.9 Å².